The summed E-state index contributed by atoms with van der Waals surface area (Å²) in [5, 5.41) is 3.12. The summed E-state index contributed by atoms with van der Waals surface area (Å²) >= 11 is 0. The zero-order valence-corrected chi connectivity index (χ0v) is 15.0. The van der Waals surface area contributed by atoms with Gasteiger partial charge in [0.05, 0.1) is 5.69 Å². The van der Waals surface area contributed by atoms with Crippen molar-refractivity contribution in [2.45, 2.75) is 25.4 Å². The van der Waals surface area contributed by atoms with Crippen molar-refractivity contribution in [3.05, 3.63) is 82.4 Å². The Labute approximate surface area is 157 Å². The van der Waals surface area contributed by atoms with Crippen LogP contribution in [0.1, 0.15) is 28.9 Å². The van der Waals surface area contributed by atoms with Crippen molar-refractivity contribution in [1.82, 2.24) is 19.6 Å². The maximum absolute atomic E-state index is 12.3. The van der Waals surface area contributed by atoms with Gasteiger partial charge in [-0.2, -0.15) is 0 Å². The van der Waals surface area contributed by atoms with Crippen molar-refractivity contribution < 1.29 is 4.79 Å². The van der Waals surface area contributed by atoms with E-state index >= 15 is 0 Å². The highest BCUT2D eigenvalue weighted by Gasteiger charge is 2.21. The van der Waals surface area contributed by atoms with Gasteiger partial charge in [0.25, 0.3) is 11.5 Å². The molecule has 1 aliphatic rings. The number of likely N-dealkylation sites (tertiary alicyclic amines) is 1. The number of fused-ring (bicyclic) bond motifs is 1. The van der Waals surface area contributed by atoms with E-state index in [4.69, 9.17) is 0 Å². The summed E-state index contributed by atoms with van der Waals surface area (Å²) in [6, 6.07) is 16.6. The molecule has 4 rings (SSSR count). The molecule has 6 heteroatoms. The van der Waals surface area contributed by atoms with Gasteiger partial charge in [0.15, 0.2) is 0 Å². The number of carbonyl (C=O) groups excluding carboxylic acids is 1. The van der Waals surface area contributed by atoms with Crippen molar-refractivity contribution >= 4 is 11.6 Å². The molecule has 3 heterocycles. The Morgan fingerprint density at radius 2 is 1.81 bits per heavy atom. The Hall–Kier alpha value is -2.99. The number of carbonyl (C=O) groups is 1. The SMILES string of the molecule is O=C(NC1CCN(Cc2cc(=O)n3ccccc3n2)CC1)c1ccccc1. The molecule has 0 saturated carbocycles. The zero-order valence-electron chi connectivity index (χ0n) is 15.0. The van der Waals surface area contributed by atoms with Gasteiger partial charge >= 0.3 is 0 Å². The number of amides is 1. The molecular formula is C21H22N4O2. The molecule has 3 aromatic rings. The summed E-state index contributed by atoms with van der Waals surface area (Å²) in [4.78, 5) is 31.4. The predicted molar refractivity (Wildman–Crippen MR) is 104 cm³/mol. The quantitative estimate of drug-likeness (QED) is 0.772. The highest BCUT2D eigenvalue weighted by Crippen LogP contribution is 2.14. The second kappa shape index (κ2) is 7.72. The van der Waals surface area contributed by atoms with Crippen LogP contribution in [0.2, 0.25) is 0 Å². The molecule has 0 unspecified atom stereocenters. The smallest absolute Gasteiger partial charge is 0.258 e. The minimum atomic E-state index is -0.0550. The monoisotopic (exact) mass is 362 g/mol. The standard InChI is InChI=1S/C21H22N4O2/c26-20-14-18(22-19-8-4-5-11-25(19)20)15-24-12-9-17(10-13-24)23-21(27)16-6-2-1-3-7-16/h1-8,11,14,17H,9-10,12-13,15H2,(H,23,27). The molecule has 138 valence electrons. The molecule has 27 heavy (non-hydrogen) atoms. The molecule has 6 nitrogen and oxygen atoms in total. The first-order valence-electron chi connectivity index (χ1n) is 9.24. The first-order chi connectivity index (χ1) is 13.2. The lowest BCUT2D eigenvalue weighted by molar-refractivity contribution is 0.0908. The number of aromatic nitrogens is 2. The highest BCUT2D eigenvalue weighted by molar-refractivity contribution is 5.94. The maximum atomic E-state index is 12.3. The summed E-state index contributed by atoms with van der Waals surface area (Å²) in [6.07, 6.45) is 3.52. The number of benzene rings is 1. The maximum Gasteiger partial charge on any atom is 0.258 e. The van der Waals surface area contributed by atoms with Crippen LogP contribution >= 0.6 is 0 Å². The van der Waals surface area contributed by atoms with E-state index in [9.17, 15) is 9.59 Å². The summed E-state index contributed by atoms with van der Waals surface area (Å²) in [6.45, 7) is 2.39. The number of nitrogens with zero attached hydrogens (tertiary/aromatic N) is 3. The average molecular weight is 362 g/mol. The van der Waals surface area contributed by atoms with Crippen LogP contribution in [0.5, 0.6) is 0 Å². The summed E-state index contributed by atoms with van der Waals surface area (Å²) in [7, 11) is 0. The lowest BCUT2D eigenvalue weighted by Gasteiger charge is -2.32. The van der Waals surface area contributed by atoms with Gasteiger partial charge in [-0.25, -0.2) is 4.98 Å². The number of rotatable bonds is 4. The lowest BCUT2D eigenvalue weighted by Crippen LogP contribution is -2.44. The predicted octanol–water partition coefficient (Wildman–Crippen LogP) is 2.09. The number of nitrogens with one attached hydrogen (secondary N) is 1. The fraction of sp³-hybridized carbons (Fsp3) is 0.286. The van der Waals surface area contributed by atoms with E-state index in [1.165, 1.54) is 0 Å². The van der Waals surface area contributed by atoms with Gasteiger partial charge in [-0.05, 0) is 37.1 Å². The largest absolute Gasteiger partial charge is 0.349 e. The van der Waals surface area contributed by atoms with Gasteiger partial charge in [0.1, 0.15) is 5.65 Å². The molecule has 1 saturated heterocycles. The van der Waals surface area contributed by atoms with E-state index in [1.54, 1.807) is 16.7 Å². The minimum Gasteiger partial charge on any atom is -0.349 e. The second-order valence-electron chi connectivity index (χ2n) is 6.90. The Bertz CT molecular complexity index is 992. The minimum absolute atomic E-state index is 0.0155. The van der Waals surface area contributed by atoms with Crippen molar-refractivity contribution in [3.8, 4) is 0 Å². The Morgan fingerprint density at radius 3 is 2.59 bits per heavy atom. The molecule has 2 aromatic heterocycles. The van der Waals surface area contributed by atoms with Gasteiger partial charge in [-0.3, -0.25) is 18.9 Å². The van der Waals surface area contributed by atoms with Gasteiger partial charge < -0.3 is 5.32 Å². The van der Waals surface area contributed by atoms with E-state index < -0.39 is 0 Å². The first kappa shape index (κ1) is 17.4. The van der Waals surface area contributed by atoms with Crippen LogP contribution in [0.15, 0.2) is 65.6 Å². The first-order valence-corrected chi connectivity index (χ1v) is 9.24. The Morgan fingerprint density at radius 1 is 1.07 bits per heavy atom. The lowest BCUT2D eigenvalue weighted by atomic mass is 10.0. The van der Waals surface area contributed by atoms with Crippen molar-refractivity contribution in [2.75, 3.05) is 13.1 Å². The number of pyridine rings is 1. The van der Waals surface area contributed by atoms with Crippen LogP contribution in [-0.2, 0) is 6.54 Å². The molecule has 0 bridgehead atoms. The van der Waals surface area contributed by atoms with E-state index in [0.717, 1.165) is 31.6 Å². The normalized spacial score (nSPS) is 15.7. The van der Waals surface area contributed by atoms with Gasteiger partial charge in [0.2, 0.25) is 0 Å². The molecule has 1 fully saturated rings. The molecule has 1 aromatic carbocycles. The van der Waals surface area contributed by atoms with Crippen LogP contribution in [0.3, 0.4) is 0 Å². The van der Waals surface area contributed by atoms with Crippen molar-refractivity contribution in [1.29, 1.82) is 0 Å². The molecule has 1 N–H and O–H groups in total. The van der Waals surface area contributed by atoms with Crippen molar-refractivity contribution in [3.63, 3.8) is 0 Å². The van der Waals surface area contributed by atoms with Crippen LogP contribution in [0.25, 0.3) is 5.65 Å². The van der Waals surface area contributed by atoms with Crippen LogP contribution in [-0.4, -0.2) is 39.3 Å². The Balaban J connectivity index is 1.34. The van der Waals surface area contributed by atoms with E-state index in [-0.39, 0.29) is 17.5 Å². The topological polar surface area (TPSA) is 66.7 Å². The fourth-order valence-corrected chi connectivity index (χ4v) is 3.51. The summed E-state index contributed by atoms with van der Waals surface area (Å²) < 4.78 is 1.55. The van der Waals surface area contributed by atoms with Gasteiger partial charge in [-0.15, -0.1) is 0 Å². The van der Waals surface area contributed by atoms with Gasteiger partial charge in [0, 0.05) is 43.5 Å². The number of hydrogen-bond donors (Lipinski definition) is 1. The third-order valence-corrected chi connectivity index (χ3v) is 4.97. The van der Waals surface area contributed by atoms with Crippen LogP contribution in [0.4, 0.5) is 0 Å². The molecule has 0 aliphatic carbocycles. The summed E-state index contributed by atoms with van der Waals surface area (Å²) in [5.41, 5.74) is 2.10. The molecule has 0 spiro atoms. The summed E-state index contributed by atoms with van der Waals surface area (Å²) in [5.74, 6) is -0.0155. The fourth-order valence-electron chi connectivity index (χ4n) is 3.51. The molecular weight excluding hydrogens is 340 g/mol. The molecule has 0 radical (unpaired) electrons. The zero-order chi connectivity index (χ0) is 18.6. The van der Waals surface area contributed by atoms with Crippen LogP contribution in [0, 0.1) is 0 Å². The second-order valence-corrected chi connectivity index (χ2v) is 6.90. The highest BCUT2D eigenvalue weighted by atomic mass is 16.1. The number of piperidine rings is 1. The third-order valence-electron chi connectivity index (χ3n) is 4.97. The molecule has 1 aliphatic heterocycles. The van der Waals surface area contributed by atoms with E-state index in [1.807, 2.05) is 48.5 Å². The average Bonchev–Trinajstić information content (AvgIpc) is 2.70. The van der Waals surface area contributed by atoms with Crippen molar-refractivity contribution in [2.24, 2.45) is 0 Å². The third kappa shape index (κ3) is 4.06. The molecule has 1 amide bonds. The molecule has 0 atom stereocenters. The number of hydrogen-bond acceptors (Lipinski definition) is 4. The van der Waals surface area contributed by atoms with E-state index in [2.05, 4.69) is 15.2 Å². The van der Waals surface area contributed by atoms with E-state index in [0.29, 0.717) is 17.8 Å². The van der Waals surface area contributed by atoms with Gasteiger partial charge in [-0.1, -0.05) is 24.3 Å². The van der Waals surface area contributed by atoms with Crippen LogP contribution < -0.4 is 10.9 Å². The Kier molecular flexibility index (Phi) is 4.98.